The van der Waals surface area contributed by atoms with Crippen LogP contribution >= 0.6 is 0 Å². The van der Waals surface area contributed by atoms with Gasteiger partial charge < -0.3 is 14.8 Å². The summed E-state index contributed by atoms with van der Waals surface area (Å²) in [5.41, 5.74) is 0. The first kappa shape index (κ1) is 17.9. The van der Waals surface area contributed by atoms with Crippen molar-refractivity contribution in [3.05, 3.63) is 18.2 Å². The number of carbonyl (C=O) groups is 1. The summed E-state index contributed by atoms with van der Waals surface area (Å²) in [5.74, 6) is 1.49. The molecule has 0 aliphatic carbocycles. The molecule has 6 heteroatoms. The SMILES string of the molecule is CCN(CC)CCNC(=O)C1CCN(Cc2nccn2C)CC1. The highest BCUT2D eigenvalue weighted by Crippen LogP contribution is 2.18. The van der Waals surface area contributed by atoms with Crippen LogP contribution in [0.25, 0.3) is 0 Å². The number of rotatable bonds is 8. The van der Waals surface area contributed by atoms with Gasteiger partial charge >= 0.3 is 0 Å². The van der Waals surface area contributed by atoms with Crippen molar-refractivity contribution in [3.8, 4) is 0 Å². The van der Waals surface area contributed by atoms with Gasteiger partial charge in [-0.05, 0) is 39.0 Å². The van der Waals surface area contributed by atoms with Crippen LogP contribution in [-0.2, 0) is 18.4 Å². The standard InChI is InChI=1S/C17H31N5O/c1-4-21(5-2)13-9-19-17(23)15-6-10-22(11-7-15)14-16-18-8-12-20(16)3/h8,12,15H,4-7,9-11,13-14H2,1-3H3,(H,19,23). The summed E-state index contributed by atoms with van der Waals surface area (Å²) in [6.07, 6.45) is 5.71. The van der Waals surface area contributed by atoms with E-state index in [2.05, 4.69) is 38.5 Å². The third-order valence-electron chi connectivity index (χ3n) is 4.87. The van der Waals surface area contributed by atoms with E-state index in [1.165, 1.54) is 0 Å². The Bertz CT molecular complexity index is 475. The molecule has 0 bridgehead atoms. The van der Waals surface area contributed by atoms with E-state index >= 15 is 0 Å². The number of hydrogen-bond acceptors (Lipinski definition) is 4. The largest absolute Gasteiger partial charge is 0.355 e. The molecule has 0 atom stereocenters. The van der Waals surface area contributed by atoms with E-state index in [4.69, 9.17) is 0 Å². The van der Waals surface area contributed by atoms with Gasteiger partial charge in [0.1, 0.15) is 5.82 Å². The molecule has 1 aromatic heterocycles. The molecule has 0 saturated carbocycles. The molecule has 0 spiro atoms. The quantitative estimate of drug-likeness (QED) is 0.779. The molecule has 1 aromatic rings. The van der Waals surface area contributed by atoms with Crippen LogP contribution in [0.2, 0.25) is 0 Å². The summed E-state index contributed by atoms with van der Waals surface area (Å²) in [7, 11) is 2.03. The molecule has 1 N–H and O–H groups in total. The summed E-state index contributed by atoms with van der Waals surface area (Å²) in [6.45, 7) is 10.9. The lowest BCUT2D eigenvalue weighted by Gasteiger charge is -2.31. The minimum atomic E-state index is 0.171. The molecule has 23 heavy (non-hydrogen) atoms. The van der Waals surface area contributed by atoms with Crippen LogP contribution in [0.5, 0.6) is 0 Å². The second-order valence-corrected chi connectivity index (χ2v) is 6.32. The van der Waals surface area contributed by atoms with E-state index in [1.807, 2.05) is 19.4 Å². The van der Waals surface area contributed by atoms with Crippen LogP contribution in [0.15, 0.2) is 12.4 Å². The number of likely N-dealkylation sites (tertiary alicyclic amines) is 1. The Labute approximate surface area is 139 Å². The molecule has 2 heterocycles. The second kappa shape index (κ2) is 9.03. The number of nitrogens with one attached hydrogen (secondary N) is 1. The molecule has 6 nitrogen and oxygen atoms in total. The summed E-state index contributed by atoms with van der Waals surface area (Å²) in [6, 6.07) is 0. The number of nitrogens with zero attached hydrogens (tertiary/aromatic N) is 4. The first-order valence-corrected chi connectivity index (χ1v) is 8.82. The van der Waals surface area contributed by atoms with Gasteiger partial charge in [-0.1, -0.05) is 13.8 Å². The Morgan fingerprint density at radius 1 is 1.35 bits per heavy atom. The predicted molar refractivity (Wildman–Crippen MR) is 92.0 cm³/mol. The first-order valence-electron chi connectivity index (χ1n) is 8.82. The molecular weight excluding hydrogens is 290 g/mol. The van der Waals surface area contributed by atoms with E-state index in [-0.39, 0.29) is 11.8 Å². The van der Waals surface area contributed by atoms with Crippen molar-refractivity contribution in [1.29, 1.82) is 0 Å². The van der Waals surface area contributed by atoms with Crippen molar-refractivity contribution >= 4 is 5.91 Å². The molecule has 1 aliphatic rings. The van der Waals surface area contributed by atoms with Gasteiger partial charge in [-0.2, -0.15) is 0 Å². The van der Waals surface area contributed by atoms with Crippen molar-refractivity contribution in [2.45, 2.75) is 33.2 Å². The molecule has 130 valence electrons. The van der Waals surface area contributed by atoms with E-state index < -0.39 is 0 Å². The number of carbonyl (C=O) groups excluding carboxylic acids is 1. The van der Waals surface area contributed by atoms with E-state index in [9.17, 15) is 4.79 Å². The highest BCUT2D eigenvalue weighted by atomic mass is 16.1. The lowest BCUT2D eigenvalue weighted by molar-refractivity contribution is -0.126. The van der Waals surface area contributed by atoms with Crippen molar-refractivity contribution in [2.75, 3.05) is 39.3 Å². The Balaban J connectivity index is 1.67. The second-order valence-electron chi connectivity index (χ2n) is 6.32. The van der Waals surface area contributed by atoms with E-state index in [1.54, 1.807) is 0 Å². The van der Waals surface area contributed by atoms with Gasteiger partial charge in [-0.3, -0.25) is 9.69 Å². The number of aromatic nitrogens is 2. The van der Waals surface area contributed by atoms with Crippen molar-refractivity contribution < 1.29 is 4.79 Å². The molecule has 0 unspecified atom stereocenters. The predicted octanol–water partition coefficient (Wildman–Crippen LogP) is 1.09. The van der Waals surface area contributed by atoms with Crippen LogP contribution in [0.4, 0.5) is 0 Å². The van der Waals surface area contributed by atoms with Gasteiger partial charge in [-0.15, -0.1) is 0 Å². The maximum Gasteiger partial charge on any atom is 0.223 e. The van der Waals surface area contributed by atoms with Gasteiger partial charge in [-0.25, -0.2) is 4.98 Å². The van der Waals surface area contributed by atoms with Crippen molar-refractivity contribution in [3.63, 3.8) is 0 Å². The normalized spacial score (nSPS) is 16.9. The minimum Gasteiger partial charge on any atom is -0.355 e. The first-order chi connectivity index (χ1) is 11.1. The van der Waals surface area contributed by atoms with Crippen molar-refractivity contribution in [2.24, 2.45) is 13.0 Å². The molecule has 0 radical (unpaired) electrons. The fraction of sp³-hybridized carbons (Fsp3) is 0.765. The zero-order chi connectivity index (χ0) is 16.7. The number of aryl methyl sites for hydroxylation is 1. The molecule has 1 aliphatic heterocycles. The Hall–Kier alpha value is -1.40. The number of piperidine rings is 1. The fourth-order valence-electron chi connectivity index (χ4n) is 3.12. The number of hydrogen-bond donors (Lipinski definition) is 1. The Morgan fingerprint density at radius 2 is 2.04 bits per heavy atom. The average molecular weight is 321 g/mol. The highest BCUT2D eigenvalue weighted by Gasteiger charge is 2.25. The maximum absolute atomic E-state index is 12.3. The smallest absolute Gasteiger partial charge is 0.223 e. The van der Waals surface area contributed by atoms with Crippen LogP contribution in [0, 0.1) is 5.92 Å². The van der Waals surface area contributed by atoms with Crippen LogP contribution in [0.1, 0.15) is 32.5 Å². The topological polar surface area (TPSA) is 53.4 Å². The maximum atomic E-state index is 12.3. The number of likely N-dealkylation sites (N-methyl/N-ethyl adjacent to an activating group) is 1. The van der Waals surface area contributed by atoms with Crippen LogP contribution < -0.4 is 5.32 Å². The average Bonchev–Trinajstić information content (AvgIpc) is 2.97. The summed E-state index contributed by atoms with van der Waals surface area (Å²) in [4.78, 5) is 21.4. The zero-order valence-corrected chi connectivity index (χ0v) is 14.8. The molecule has 0 aromatic carbocycles. The van der Waals surface area contributed by atoms with Gasteiger partial charge in [0.2, 0.25) is 5.91 Å². The monoisotopic (exact) mass is 321 g/mol. The van der Waals surface area contributed by atoms with Crippen molar-refractivity contribution in [1.82, 2.24) is 24.7 Å². The Kier molecular flexibility index (Phi) is 7.05. The lowest BCUT2D eigenvalue weighted by atomic mass is 9.96. The highest BCUT2D eigenvalue weighted by molar-refractivity contribution is 5.78. The van der Waals surface area contributed by atoms with Gasteiger partial charge in [0.25, 0.3) is 0 Å². The van der Waals surface area contributed by atoms with Gasteiger partial charge in [0.05, 0.1) is 6.54 Å². The fourth-order valence-corrected chi connectivity index (χ4v) is 3.12. The summed E-state index contributed by atoms with van der Waals surface area (Å²) >= 11 is 0. The van der Waals surface area contributed by atoms with Gasteiger partial charge in [0, 0.05) is 38.4 Å². The zero-order valence-electron chi connectivity index (χ0n) is 14.8. The molecular formula is C17H31N5O. The molecule has 1 fully saturated rings. The Morgan fingerprint density at radius 3 is 2.61 bits per heavy atom. The molecule has 1 saturated heterocycles. The summed E-state index contributed by atoms with van der Waals surface area (Å²) < 4.78 is 2.06. The molecule has 1 amide bonds. The lowest BCUT2D eigenvalue weighted by Crippen LogP contribution is -2.42. The molecule has 2 rings (SSSR count). The van der Waals surface area contributed by atoms with E-state index in [0.717, 1.165) is 64.5 Å². The van der Waals surface area contributed by atoms with E-state index in [0.29, 0.717) is 0 Å². The number of amides is 1. The summed E-state index contributed by atoms with van der Waals surface area (Å²) in [5, 5.41) is 3.11. The van der Waals surface area contributed by atoms with Gasteiger partial charge in [0.15, 0.2) is 0 Å². The number of imidazole rings is 1. The third-order valence-corrected chi connectivity index (χ3v) is 4.87. The minimum absolute atomic E-state index is 0.171. The third kappa shape index (κ3) is 5.32. The van der Waals surface area contributed by atoms with Crippen LogP contribution in [-0.4, -0.2) is 64.5 Å². The van der Waals surface area contributed by atoms with Crippen LogP contribution in [0.3, 0.4) is 0 Å².